The first-order valence-electron chi connectivity index (χ1n) is 8.93. The highest BCUT2D eigenvalue weighted by atomic mass is 16.5. The van der Waals surface area contributed by atoms with E-state index in [4.69, 9.17) is 10.5 Å². The van der Waals surface area contributed by atoms with E-state index in [1.165, 1.54) is 0 Å². The highest BCUT2D eigenvalue weighted by Gasteiger charge is 2.26. The van der Waals surface area contributed by atoms with E-state index in [1.54, 1.807) is 22.7 Å². The number of morpholine rings is 1. The van der Waals surface area contributed by atoms with Crippen molar-refractivity contribution in [3.05, 3.63) is 41.2 Å². The number of hydrogen-bond acceptors (Lipinski definition) is 6. The summed E-state index contributed by atoms with van der Waals surface area (Å²) in [6.07, 6.45) is 2.32. The van der Waals surface area contributed by atoms with Crippen LogP contribution in [0.5, 0.6) is 0 Å². The number of carbonyl (C=O) groups excluding carboxylic acids is 2. The van der Waals surface area contributed by atoms with Crippen LogP contribution in [0.4, 0.5) is 0 Å². The van der Waals surface area contributed by atoms with Crippen molar-refractivity contribution in [1.29, 1.82) is 0 Å². The molecule has 27 heavy (non-hydrogen) atoms. The number of pyridine rings is 1. The molecule has 144 valence electrons. The molecule has 3 rings (SSSR count). The normalized spacial score (nSPS) is 17.1. The molecule has 9 nitrogen and oxygen atoms in total. The molecule has 2 aromatic rings. The van der Waals surface area contributed by atoms with E-state index in [9.17, 15) is 9.59 Å². The Bertz CT molecular complexity index is 817. The van der Waals surface area contributed by atoms with E-state index >= 15 is 0 Å². The van der Waals surface area contributed by atoms with Crippen molar-refractivity contribution >= 4 is 11.8 Å². The van der Waals surface area contributed by atoms with Crippen molar-refractivity contribution in [3.63, 3.8) is 0 Å². The lowest BCUT2D eigenvalue weighted by Crippen LogP contribution is -2.44. The first-order chi connectivity index (χ1) is 12.9. The Morgan fingerprint density at radius 1 is 1.33 bits per heavy atom. The van der Waals surface area contributed by atoms with Crippen molar-refractivity contribution < 1.29 is 14.3 Å². The molecule has 0 aromatic carbocycles. The summed E-state index contributed by atoms with van der Waals surface area (Å²) in [4.78, 5) is 33.9. The predicted molar refractivity (Wildman–Crippen MR) is 96.5 cm³/mol. The fraction of sp³-hybridized carbons (Fsp3) is 0.500. The summed E-state index contributed by atoms with van der Waals surface area (Å²) >= 11 is 0. The molecule has 2 amide bonds. The fourth-order valence-electron chi connectivity index (χ4n) is 3.04. The van der Waals surface area contributed by atoms with E-state index in [2.05, 4.69) is 15.1 Å². The van der Waals surface area contributed by atoms with E-state index in [-0.39, 0.29) is 24.5 Å². The summed E-state index contributed by atoms with van der Waals surface area (Å²) < 4.78 is 7.41. The van der Waals surface area contributed by atoms with Gasteiger partial charge in [-0.25, -0.2) is 9.67 Å². The third-order valence-electron chi connectivity index (χ3n) is 4.50. The molecule has 1 atom stereocenters. The molecule has 1 aliphatic rings. The van der Waals surface area contributed by atoms with Gasteiger partial charge < -0.3 is 15.4 Å². The lowest BCUT2D eigenvalue weighted by atomic mass is 10.1. The van der Waals surface area contributed by atoms with Crippen LogP contribution in [-0.4, -0.2) is 56.2 Å². The number of rotatable bonds is 6. The van der Waals surface area contributed by atoms with Gasteiger partial charge in [-0.15, -0.1) is 0 Å². The molecule has 0 bridgehead atoms. The number of amides is 2. The maximum Gasteiger partial charge on any atom is 0.244 e. The molecule has 0 radical (unpaired) electrons. The Morgan fingerprint density at radius 2 is 2.15 bits per heavy atom. The number of aromatic nitrogens is 4. The van der Waals surface area contributed by atoms with Gasteiger partial charge in [0.1, 0.15) is 24.3 Å². The summed E-state index contributed by atoms with van der Waals surface area (Å²) in [6.45, 7) is 5.24. The zero-order valence-corrected chi connectivity index (χ0v) is 15.6. The van der Waals surface area contributed by atoms with Crippen molar-refractivity contribution in [2.75, 3.05) is 19.7 Å². The van der Waals surface area contributed by atoms with E-state index < -0.39 is 0 Å². The largest absolute Gasteiger partial charge is 0.370 e. The van der Waals surface area contributed by atoms with Crippen molar-refractivity contribution in [2.45, 2.75) is 39.3 Å². The molecular weight excluding hydrogens is 348 g/mol. The van der Waals surface area contributed by atoms with Gasteiger partial charge in [0.25, 0.3) is 0 Å². The smallest absolute Gasteiger partial charge is 0.244 e. The molecule has 3 heterocycles. The van der Waals surface area contributed by atoms with Crippen LogP contribution < -0.4 is 5.73 Å². The molecule has 0 saturated carbocycles. The molecule has 2 N–H and O–H groups in total. The predicted octanol–water partition coefficient (Wildman–Crippen LogP) is 0.308. The van der Waals surface area contributed by atoms with Gasteiger partial charge in [-0.05, 0) is 31.9 Å². The molecular formula is C18H24N6O3. The molecule has 1 fully saturated rings. The average molecular weight is 372 g/mol. The van der Waals surface area contributed by atoms with Gasteiger partial charge in [-0.2, -0.15) is 5.10 Å². The van der Waals surface area contributed by atoms with Crippen LogP contribution in [0.2, 0.25) is 0 Å². The van der Waals surface area contributed by atoms with Crippen LogP contribution in [0.1, 0.15) is 35.4 Å². The average Bonchev–Trinajstić information content (AvgIpc) is 2.97. The topological polar surface area (TPSA) is 116 Å². The van der Waals surface area contributed by atoms with E-state index in [0.717, 1.165) is 17.1 Å². The molecule has 0 aliphatic carbocycles. The molecule has 1 aliphatic heterocycles. The minimum atomic E-state index is -0.332. The van der Waals surface area contributed by atoms with Crippen LogP contribution in [0.25, 0.3) is 0 Å². The minimum Gasteiger partial charge on any atom is -0.370 e. The van der Waals surface area contributed by atoms with E-state index in [1.807, 2.05) is 19.1 Å². The summed E-state index contributed by atoms with van der Waals surface area (Å²) in [5.74, 6) is 1.02. The number of ether oxygens (including phenoxy) is 1. The van der Waals surface area contributed by atoms with Crippen LogP contribution in [-0.2, 0) is 27.3 Å². The van der Waals surface area contributed by atoms with Crippen molar-refractivity contribution in [3.8, 4) is 0 Å². The number of aryl methyl sites for hydroxylation is 3. The first kappa shape index (κ1) is 19.0. The molecule has 2 aromatic heterocycles. The lowest BCUT2D eigenvalue weighted by molar-refractivity contribution is -0.140. The van der Waals surface area contributed by atoms with Gasteiger partial charge >= 0.3 is 0 Å². The molecule has 1 saturated heterocycles. The highest BCUT2D eigenvalue weighted by molar-refractivity contribution is 5.76. The summed E-state index contributed by atoms with van der Waals surface area (Å²) in [5.41, 5.74) is 6.88. The molecule has 0 spiro atoms. The number of primary amides is 1. The number of hydrogen-bond donors (Lipinski definition) is 1. The Kier molecular flexibility index (Phi) is 5.80. The van der Waals surface area contributed by atoms with Crippen LogP contribution >= 0.6 is 0 Å². The third-order valence-corrected chi connectivity index (χ3v) is 4.50. The van der Waals surface area contributed by atoms with Crippen molar-refractivity contribution in [1.82, 2.24) is 24.6 Å². The standard InChI is InChI=1S/C18H24N6O3/c1-12-21-13(2)24(22-12)11-18(26)23-7-8-27-16(10-23)15-5-3-14(9-20-15)4-6-17(19)25/h3,5,9,16H,4,6-8,10-11H2,1-2H3,(H2,19,25). The quantitative estimate of drug-likeness (QED) is 0.780. The highest BCUT2D eigenvalue weighted by Crippen LogP contribution is 2.21. The van der Waals surface area contributed by atoms with Gasteiger partial charge in [0.2, 0.25) is 11.8 Å². The minimum absolute atomic E-state index is 0.0191. The first-order valence-corrected chi connectivity index (χ1v) is 8.93. The Hall–Kier alpha value is -2.81. The number of carbonyl (C=O) groups is 2. The SMILES string of the molecule is Cc1nc(C)n(CC(=O)N2CCOC(c3ccc(CCC(N)=O)cn3)C2)n1. The molecule has 9 heteroatoms. The van der Waals surface area contributed by atoms with Crippen LogP contribution in [0, 0.1) is 13.8 Å². The zero-order chi connectivity index (χ0) is 19.4. The summed E-state index contributed by atoms with van der Waals surface area (Å²) in [6, 6.07) is 3.79. The van der Waals surface area contributed by atoms with Gasteiger partial charge in [0, 0.05) is 19.2 Å². The number of nitrogens with two attached hydrogens (primary N) is 1. The summed E-state index contributed by atoms with van der Waals surface area (Å²) in [7, 11) is 0. The third kappa shape index (κ3) is 4.88. The zero-order valence-electron chi connectivity index (χ0n) is 15.6. The maximum absolute atomic E-state index is 12.6. The van der Waals surface area contributed by atoms with Crippen LogP contribution in [0.15, 0.2) is 18.3 Å². The Labute approximate surface area is 157 Å². The van der Waals surface area contributed by atoms with Gasteiger partial charge in [-0.1, -0.05) is 6.07 Å². The van der Waals surface area contributed by atoms with E-state index in [0.29, 0.717) is 38.4 Å². The Morgan fingerprint density at radius 3 is 2.78 bits per heavy atom. The second-order valence-electron chi connectivity index (χ2n) is 6.62. The van der Waals surface area contributed by atoms with Crippen LogP contribution in [0.3, 0.4) is 0 Å². The summed E-state index contributed by atoms with van der Waals surface area (Å²) in [5, 5.41) is 4.24. The van der Waals surface area contributed by atoms with Crippen molar-refractivity contribution in [2.24, 2.45) is 5.73 Å². The maximum atomic E-state index is 12.6. The second kappa shape index (κ2) is 8.26. The van der Waals surface area contributed by atoms with Gasteiger partial charge in [0.05, 0.1) is 18.8 Å². The van der Waals surface area contributed by atoms with Gasteiger partial charge in [0.15, 0.2) is 0 Å². The second-order valence-corrected chi connectivity index (χ2v) is 6.62. The Balaban J connectivity index is 1.60. The monoisotopic (exact) mass is 372 g/mol. The van der Waals surface area contributed by atoms with Gasteiger partial charge in [-0.3, -0.25) is 14.6 Å². The molecule has 1 unspecified atom stereocenters. The fourth-order valence-corrected chi connectivity index (χ4v) is 3.04. The lowest BCUT2D eigenvalue weighted by Gasteiger charge is -2.32. The number of nitrogens with zero attached hydrogens (tertiary/aromatic N) is 5.